The number of likely N-dealkylation sites (tertiary alicyclic amines) is 1. The summed E-state index contributed by atoms with van der Waals surface area (Å²) in [5.41, 5.74) is 2.09. The van der Waals surface area contributed by atoms with Crippen molar-refractivity contribution in [3.63, 3.8) is 0 Å². The Morgan fingerprint density at radius 3 is 2.52 bits per heavy atom. The van der Waals surface area contributed by atoms with Crippen LogP contribution in [-0.2, 0) is 10.2 Å². The van der Waals surface area contributed by atoms with E-state index in [9.17, 15) is 9.59 Å². The highest BCUT2D eigenvalue weighted by molar-refractivity contribution is 5.89. The third-order valence-electron chi connectivity index (χ3n) is 4.86. The highest BCUT2D eigenvalue weighted by Gasteiger charge is 2.28. The molecular weight excluding hydrogens is 292 g/mol. The number of carbonyl (C=O) groups excluding carboxylic acids is 1. The number of rotatable bonds is 4. The summed E-state index contributed by atoms with van der Waals surface area (Å²) in [6.07, 6.45) is 2.41. The molecule has 126 valence electrons. The molecule has 5 heteroatoms. The standard InChI is InChI=1S/C18H26N2O3/c1-4-18(2,3)14-7-9-15(10-8-14)19-17(23)20-11-5-6-13(12-20)16(21)22/h7-10,13H,4-6,11-12H2,1-3H3,(H,19,23)(H,21,22). The Bertz CT molecular complexity index is 566. The molecular formula is C18H26N2O3. The van der Waals surface area contributed by atoms with Crippen molar-refractivity contribution >= 4 is 17.7 Å². The summed E-state index contributed by atoms with van der Waals surface area (Å²) in [7, 11) is 0. The summed E-state index contributed by atoms with van der Waals surface area (Å²) < 4.78 is 0. The first-order chi connectivity index (χ1) is 10.8. The quantitative estimate of drug-likeness (QED) is 0.889. The van der Waals surface area contributed by atoms with E-state index in [0.717, 1.165) is 18.5 Å². The van der Waals surface area contributed by atoms with Gasteiger partial charge in [-0.2, -0.15) is 0 Å². The van der Waals surface area contributed by atoms with Crippen LogP contribution in [0.2, 0.25) is 0 Å². The molecule has 1 atom stereocenters. The fourth-order valence-electron chi connectivity index (χ4n) is 2.77. The van der Waals surface area contributed by atoms with Gasteiger partial charge in [0.05, 0.1) is 5.92 Å². The number of amides is 2. The zero-order valence-electron chi connectivity index (χ0n) is 14.1. The van der Waals surface area contributed by atoms with Gasteiger partial charge in [-0.25, -0.2) is 4.79 Å². The van der Waals surface area contributed by atoms with Gasteiger partial charge in [0, 0.05) is 18.8 Å². The first kappa shape index (κ1) is 17.3. The molecule has 0 radical (unpaired) electrons. The van der Waals surface area contributed by atoms with E-state index in [4.69, 9.17) is 5.11 Å². The Morgan fingerprint density at radius 2 is 1.96 bits per heavy atom. The predicted molar refractivity (Wildman–Crippen MR) is 90.7 cm³/mol. The third kappa shape index (κ3) is 4.24. The number of carbonyl (C=O) groups is 2. The van der Waals surface area contributed by atoms with Crippen LogP contribution in [0.5, 0.6) is 0 Å². The first-order valence-electron chi connectivity index (χ1n) is 8.23. The van der Waals surface area contributed by atoms with Gasteiger partial charge < -0.3 is 15.3 Å². The molecule has 2 rings (SSSR count). The summed E-state index contributed by atoms with van der Waals surface area (Å²) in [4.78, 5) is 25.0. The van der Waals surface area contributed by atoms with E-state index >= 15 is 0 Å². The lowest BCUT2D eigenvalue weighted by Gasteiger charge is -2.30. The van der Waals surface area contributed by atoms with Crippen molar-refractivity contribution in [1.82, 2.24) is 4.90 Å². The van der Waals surface area contributed by atoms with Crippen LogP contribution in [0.1, 0.15) is 45.6 Å². The van der Waals surface area contributed by atoms with Gasteiger partial charge in [0.1, 0.15) is 0 Å². The van der Waals surface area contributed by atoms with Crippen molar-refractivity contribution in [2.45, 2.75) is 45.4 Å². The van der Waals surface area contributed by atoms with Crippen LogP contribution in [0.3, 0.4) is 0 Å². The number of anilines is 1. The topological polar surface area (TPSA) is 69.6 Å². The second-order valence-corrected chi connectivity index (χ2v) is 6.87. The number of hydrogen-bond donors (Lipinski definition) is 2. The third-order valence-corrected chi connectivity index (χ3v) is 4.86. The largest absolute Gasteiger partial charge is 0.481 e. The predicted octanol–water partition coefficient (Wildman–Crippen LogP) is 3.70. The van der Waals surface area contributed by atoms with E-state index < -0.39 is 11.9 Å². The van der Waals surface area contributed by atoms with Crippen molar-refractivity contribution in [3.8, 4) is 0 Å². The summed E-state index contributed by atoms with van der Waals surface area (Å²) in [6, 6.07) is 7.66. The van der Waals surface area contributed by atoms with Crippen LogP contribution in [0, 0.1) is 5.92 Å². The molecule has 1 aliphatic heterocycles. The normalized spacial score (nSPS) is 18.6. The van der Waals surface area contributed by atoms with E-state index in [2.05, 4.69) is 26.1 Å². The molecule has 1 saturated heterocycles. The fraction of sp³-hybridized carbons (Fsp3) is 0.556. The zero-order chi connectivity index (χ0) is 17.0. The molecule has 1 aromatic rings. The van der Waals surface area contributed by atoms with Crippen LogP contribution < -0.4 is 5.32 Å². The molecule has 1 aromatic carbocycles. The lowest BCUT2D eigenvalue weighted by atomic mass is 9.82. The van der Waals surface area contributed by atoms with Crippen molar-refractivity contribution in [2.24, 2.45) is 5.92 Å². The number of carboxylic acids is 1. The minimum Gasteiger partial charge on any atom is -0.481 e. The minimum atomic E-state index is -0.825. The molecule has 0 saturated carbocycles. The fourth-order valence-corrected chi connectivity index (χ4v) is 2.77. The van der Waals surface area contributed by atoms with E-state index in [0.29, 0.717) is 13.0 Å². The molecule has 0 aliphatic carbocycles. The average molecular weight is 318 g/mol. The van der Waals surface area contributed by atoms with Gasteiger partial charge in [-0.1, -0.05) is 32.9 Å². The molecule has 0 bridgehead atoms. The number of nitrogens with zero attached hydrogens (tertiary/aromatic N) is 1. The Balaban J connectivity index is 1.99. The average Bonchev–Trinajstić information content (AvgIpc) is 2.55. The molecule has 0 spiro atoms. The molecule has 2 amide bonds. The van der Waals surface area contributed by atoms with Crippen molar-refractivity contribution < 1.29 is 14.7 Å². The van der Waals surface area contributed by atoms with Gasteiger partial charge in [-0.15, -0.1) is 0 Å². The number of carboxylic acid groups (broad SMARTS) is 1. The van der Waals surface area contributed by atoms with Crippen LogP contribution in [-0.4, -0.2) is 35.1 Å². The Hall–Kier alpha value is -2.04. The first-order valence-corrected chi connectivity index (χ1v) is 8.23. The van der Waals surface area contributed by atoms with Crippen LogP contribution in [0.15, 0.2) is 24.3 Å². The van der Waals surface area contributed by atoms with E-state index in [-0.39, 0.29) is 18.0 Å². The summed E-state index contributed by atoms with van der Waals surface area (Å²) in [5.74, 6) is -1.28. The molecule has 0 aromatic heterocycles. The van der Waals surface area contributed by atoms with E-state index in [1.54, 1.807) is 4.90 Å². The van der Waals surface area contributed by atoms with Crippen LogP contribution in [0.4, 0.5) is 10.5 Å². The lowest BCUT2D eigenvalue weighted by molar-refractivity contribution is -0.143. The lowest BCUT2D eigenvalue weighted by Crippen LogP contribution is -2.44. The smallest absolute Gasteiger partial charge is 0.321 e. The van der Waals surface area contributed by atoms with Crippen molar-refractivity contribution in [1.29, 1.82) is 0 Å². The molecule has 1 unspecified atom stereocenters. The van der Waals surface area contributed by atoms with Crippen LogP contribution >= 0.6 is 0 Å². The van der Waals surface area contributed by atoms with Gasteiger partial charge in [-0.3, -0.25) is 4.79 Å². The summed E-state index contributed by atoms with van der Waals surface area (Å²) in [5, 5.41) is 12.0. The Labute approximate surface area is 137 Å². The minimum absolute atomic E-state index is 0.115. The Morgan fingerprint density at radius 1 is 1.30 bits per heavy atom. The van der Waals surface area contributed by atoms with Gasteiger partial charge in [0.15, 0.2) is 0 Å². The number of piperidine rings is 1. The maximum atomic E-state index is 12.3. The maximum absolute atomic E-state index is 12.3. The van der Waals surface area contributed by atoms with Gasteiger partial charge in [0.2, 0.25) is 0 Å². The highest BCUT2D eigenvalue weighted by Crippen LogP contribution is 2.27. The van der Waals surface area contributed by atoms with Gasteiger partial charge >= 0.3 is 12.0 Å². The second-order valence-electron chi connectivity index (χ2n) is 6.87. The molecule has 1 fully saturated rings. The second kappa shape index (κ2) is 7.02. The summed E-state index contributed by atoms with van der Waals surface area (Å²) >= 11 is 0. The number of urea groups is 1. The van der Waals surface area contributed by atoms with Gasteiger partial charge in [0.25, 0.3) is 0 Å². The van der Waals surface area contributed by atoms with Crippen molar-refractivity contribution in [3.05, 3.63) is 29.8 Å². The van der Waals surface area contributed by atoms with Crippen molar-refractivity contribution in [2.75, 3.05) is 18.4 Å². The molecule has 1 heterocycles. The maximum Gasteiger partial charge on any atom is 0.321 e. The Kier molecular flexibility index (Phi) is 5.29. The number of benzene rings is 1. The molecule has 2 N–H and O–H groups in total. The number of nitrogens with one attached hydrogen (secondary N) is 1. The van der Waals surface area contributed by atoms with E-state index in [1.807, 2.05) is 24.3 Å². The number of aliphatic carboxylic acids is 1. The molecule has 5 nitrogen and oxygen atoms in total. The summed E-state index contributed by atoms with van der Waals surface area (Å²) in [6.45, 7) is 7.43. The molecule has 23 heavy (non-hydrogen) atoms. The number of hydrogen-bond acceptors (Lipinski definition) is 2. The molecule has 1 aliphatic rings. The monoisotopic (exact) mass is 318 g/mol. The SMILES string of the molecule is CCC(C)(C)c1ccc(NC(=O)N2CCCC(C(=O)O)C2)cc1. The zero-order valence-corrected chi connectivity index (χ0v) is 14.1. The van der Waals surface area contributed by atoms with E-state index in [1.165, 1.54) is 5.56 Å². The van der Waals surface area contributed by atoms with Crippen LogP contribution in [0.25, 0.3) is 0 Å². The highest BCUT2D eigenvalue weighted by atomic mass is 16.4. The van der Waals surface area contributed by atoms with Gasteiger partial charge in [-0.05, 0) is 42.4 Å².